The number of alkyl carbamates (subject to hydrolysis) is 1. The highest BCUT2D eigenvalue weighted by molar-refractivity contribution is 7.93. The van der Waals surface area contributed by atoms with Crippen LogP contribution in [-0.4, -0.2) is 33.4 Å². The number of benzene rings is 2. The molecule has 6 nitrogen and oxygen atoms in total. The topological polar surface area (TPSA) is 75.7 Å². The maximum atomic E-state index is 12.0. The van der Waals surface area contributed by atoms with Gasteiger partial charge >= 0.3 is 6.09 Å². The quantitative estimate of drug-likeness (QED) is 0.621. The number of sulfonamides is 1. The summed E-state index contributed by atoms with van der Waals surface area (Å²) in [7, 11) is -3.20. The third-order valence-corrected chi connectivity index (χ3v) is 6.07. The number of nitrogens with one attached hydrogen (secondary N) is 1. The van der Waals surface area contributed by atoms with Gasteiger partial charge in [0, 0.05) is 25.1 Å². The summed E-state index contributed by atoms with van der Waals surface area (Å²) in [5.41, 5.74) is 2.32. The van der Waals surface area contributed by atoms with E-state index in [2.05, 4.69) is 17.2 Å². The molecule has 1 saturated heterocycles. The van der Waals surface area contributed by atoms with Crippen LogP contribution in [0.5, 0.6) is 0 Å². The predicted octanol–water partition coefficient (Wildman–Crippen LogP) is 2.89. The van der Waals surface area contributed by atoms with Gasteiger partial charge < -0.3 is 10.1 Å². The smallest absolute Gasteiger partial charge is 0.407 e. The van der Waals surface area contributed by atoms with Crippen molar-refractivity contribution < 1.29 is 17.9 Å². The third kappa shape index (κ3) is 5.51. The lowest BCUT2D eigenvalue weighted by Gasteiger charge is -2.16. The highest BCUT2D eigenvalue weighted by Gasteiger charge is 2.28. The summed E-state index contributed by atoms with van der Waals surface area (Å²) in [4.78, 5) is 11.7. The minimum absolute atomic E-state index is 0.189. The molecular formula is C21H22N2O4S. The molecule has 7 heteroatoms. The lowest BCUT2D eigenvalue weighted by molar-refractivity contribution is 0.140. The van der Waals surface area contributed by atoms with Crippen LogP contribution >= 0.6 is 0 Å². The van der Waals surface area contributed by atoms with Crippen molar-refractivity contribution in [1.29, 1.82) is 0 Å². The van der Waals surface area contributed by atoms with Crippen molar-refractivity contribution in [2.75, 3.05) is 23.1 Å². The molecule has 28 heavy (non-hydrogen) atoms. The third-order valence-electron chi connectivity index (χ3n) is 4.20. The van der Waals surface area contributed by atoms with E-state index in [-0.39, 0.29) is 12.4 Å². The molecule has 0 aromatic heterocycles. The standard InChI is InChI=1S/C21H22N2O4S/c24-21(27-17-19-9-2-1-3-10-19)22-13-5-4-8-18-11-6-12-20(16-18)23-14-7-15-28(23,25)26/h1-3,6,9-12,16H,5,7,13-15,17H2,(H,22,24). The molecule has 2 aromatic rings. The minimum atomic E-state index is -3.20. The zero-order chi connectivity index (χ0) is 19.8. The molecule has 0 bridgehead atoms. The molecule has 0 saturated carbocycles. The number of rotatable bonds is 5. The number of hydrogen-bond acceptors (Lipinski definition) is 4. The first-order valence-corrected chi connectivity index (χ1v) is 10.7. The van der Waals surface area contributed by atoms with E-state index in [1.807, 2.05) is 36.4 Å². The Bertz CT molecular complexity index is 978. The molecule has 0 atom stereocenters. The van der Waals surface area contributed by atoms with Crippen LogP contribution in [0.2, 0.25) is 0 Å². The summed E-state index contributed by atoms with van der Waals surface area (Å²) >= 11 is 0. The molecule has 1 amide bonds. The van der Waals surface area contributed by atoms with Crippen molar-refractivity contribution in [3.8, 4) is 11.8 Å². The fraction of sp³-hybridized carbons (Fsp3) is 0.286. The summed E-state index contributed by atoms with van der Waals surface area (Å²) < 4.78 is 30.6. The van der Waals surface area contributed by atoms with Crippen LogP contribution in [0.4, 0.5) is 10.5 Å². The van der Waals surface area contributed by atoms with Crippen LogP contribution in [0.25, 0.3) is 0 Å². The van der Waals surface area contributed by atoms with Crippen molar-refractivity contribution in [3.63, 3.8) is 0 Å². The first-order chi connectivity index (χ1) is 13.5. The van der Waals surface area contributed by atoms with Crippen molar-refractivity contribution in [1.82, 2.24) is 5.32 Å². The van der Waals surface area contributed by atoms with Crippen LogP contribution in [0.15, 0.2) is 54.6 Å². The zero-order valence-corrected chi connectivity index (χ0v) is 16.2. The Morgan fingerprint density at radius 1 is 1.14 bits per heavy atom. The molecule has 0 spiro atoms. The van der Waals surface area contributed by atoms with Gasteiger partial charge in [0.15, 0.2) is 0 Å². The van der Waals surface area contributed by atoms with E-state index in [4.69, 9.17) is 4.74 Å². The van der Waals surface area contributed by atoms with E-state index < -0.39 is 16.1 Å². The molecule has 2 aromatic carbocycles. The first-order valence-electron chi connectivity index (χ1n) is 9.08. The molecule has 1 aliphatic rings. The highest BCUT2D eigenvalue weighted by atomic mass is 32.2. The van der Waals surface area contributed by atoms with Gasteiger partial charge in [-0.15, -0.1) is 0 Å². The van der Waals surface area contributed by atoms with Crippen molar-refractivity contribution in [3.05, 3.63) is 65.7 Å². The summed E-state index contributed by atoms with van der Waals surface area (Å²) in [6, 6.07) is 16.6. The van der Waals surface area contributed by atoms with E-state index >= 15 is 0 Å². The number of ether oxygens (including phenoxy) is 1. The summed E-state index contributed by atoms with van der Waals surface area (Å²) in [5.74, 6) is 6.17. The van der Waals surface area contributed by atoms with Crippen molar-refractivity contribution >= 4 is 21.8 Å². The van der Waals surface area contributed by atoms with Gasteiger partial charge in [-0.05, 0) is 30.2 Å². The van der Waals surface area contributed by atoms with Gasteiger partial charge in [0.25, 0.3) is 0 Å². The number of carbonyl (C=O) groups is 1. The van der Waals surface area contributed by atoms with Crippen LogP contribution in [0.1, 0.15) is 24.0 Å². The van der Waals surface area contributed by atoms with Gasteiger partial charge in [0.2, 0.25) is 10.0 Å². The number of amides is 1. The lowest BCUT2D eigenvalue weighted by Crippen LogP contribution is -2.25. The monoisotopic (exact) mass is 398 g/mol. The average Bonchev–Trinajstić information content (AvgIpc) is 3.06. The van der Waals surface area contributed by atoms with Gasteiger partial charge in [0.05, 0.1) is 11.4 Å². The van der Waals surface area contributed by atoms with Gasteiger partial charge in [0.1, 0.15) is 6.61 Å². The highest BCUT2D eigenvalue weighted by Crippen LogP contribution is 2.24. The second kappa shape index (κ2) is 9.29. The second-order valence-electron chi connectivity index (χ2n) is 6.33. The largest absolute Gasteiger partial charge is 0.445 e. The maximum Gasteiger partial charge on any atom is 0.407 e. The van der Waals surface area contributed by atoms with Gasteiger partial charge in [-0.25, -0.2) is 13.2 Å². The zero-order valence-electron chi connectivity index (χ0n) is 15.4. The average molecular weight is 398 g/mol. The van der Waals surface area contributed by atoms with Crippen LogP contribution in [0, 0.1) is 11.8 Å². The van der Waals surface area contributed by atoms with Gasteiger partial charge in [-0.3, -0.25) is 4.31 Å². The summed E-state index contributed by atoms with van der Waals surface area (Å²) in [6.45, 7) is 1.11. The normalized spacial score (nSPS) is 14.8. The molecule has 146 valence electrons. The lowest BCUT2D eigenvalue weighted by atomic mass is 10.2. The van der Waals surface area contributed by atoms with Crippen LogP contribution < -0.4 is 9.62 Å². The summed E-state index contributed by atoms with van der Waals surface area (Å²) in [6.07, 6.45) is 0.628. The number of anilines is 1. The summed E-state index contributed by atoms with van der Waals surface area (Å²) in [5, 5.41) is 2.65. The van der Waals surface area contributed by atoms with Crippen LogP contribution in [0.3, 0.4) is 0 Å². The molecule has 0 unspecified atom stereocenters. The number of hydrogen-bond donors (Lipinski definition) is 1. The molecule has 3 rings (SSSR count). The molecule has 1 fully saturated rings. The van der Waals surface area contributed by atoms with E-state index in [0.717, 1.165) is 11.1 Å². The fourth-order valence-corrected chi connectivity index (χ4v) is 4.39. The van der Waals surface area contributed by atoms with Crippen molar-refractivity contribution in [2.24, 2.45) is 0 Å². The molecule has 0 radical (unpaired) electrons. The van der Waals surface area contributed by atoms with E-state index in [9.17, 15) is 13.2 Å². The first kappa shape index (κ1) is 19.8. The Kier molecular flexibility index (Phi) is 6.56. The van der Waals surface area contributed by atoms with Gasteiger partial charge in [-0.2, -0.15) is 0 Å². The Morgan fingerprint density at radius 2 is 1.96 bits per heavy atom. The maximum absolute atomic E-state index is 12.0. The molecule has 1 aliphatic heterocycles. The predicted molar refractivity (Wildman–Crippen MR) is 108 cm³/mol. The molecular weight excluding hydrogens is 376 g/mol. The van der Waals surface area contributed by atoms with Crippen molar-refractivity contribution in [2.45, 2.75) is 19.4 Å². The SMILES string of the molecule is O=C(NCCC#Cc1cccc(N2CCCS2(=O)=O)c1)OCc1ccccc1. The van der Waals surface area contributed by atoms with E-state index in [0.29, 0.717) is 31.6 Å². The second-order valence-corrected chi connectivity index (χ2v) is 8.35. The molecule has 1 N–H and O–H groups in total. The Hall–Kier alpha value is -2.98. The van der Waals surface area contributed by atoms with Crippen LogP contribution in [-0.2, 0) is 21.4 Å². The number of carbonyl (C=O) groups excluding carboxylic acids is 1. The molecule has 1 heterocycles. The Morgan fingerprint density at radius 3 is 2.71 bits per heavy atom. The number of nitrogens with zero attached hydrogens (tertiary/aromatic N) is 1. The van der Waals surface area contributed by atoms with E-state index in [1.165, 1.54) is 4.31 Å². The fourth-order valence-electron chi connectivity index (χ4n) is 2.83. The van der Waals surface area contributed by atoms with Gasteiger partial charge in [-0.1, -0.05) is 48.2 Å². The molecule has 0 aliphatic carbocycles. The van der Waals surface area contributed by atoms with E-state index in [1.54, 1.807) is 18.2 Å². The minimum Gasteiger partial charge on any atom is -0.445 e. The Labute approximate surface area is 165 Å². The Balaban J connectivity index is 1.45.